The molecule has 0 aliphatic rings. The summed E-state index contributed by atoms with van der Waals surface area (Å²) in [5, 5.41) is 5.75. The second-order valence-electron chi connectivity index (χ2n) is 5.40. The summed E-state index contributed by atoms with van der Waals surface area (Å²) in [5.74, 6) is -0.765. The van der Waals surface area contributed by atoms with Gasteiger partial charge < -0.3 is 10.1 Å². The first-order chi connectivity index (χ1) is 12.5. The van der Waals surface area contributed by atoms with Crippen LogP contribution in [0.1, 0.15) is 32.5 Å². The van der Waals surface area contributed by atoms with Gasteiger partial charge in [0.05, 0.1) is 6.61 Å². The molecular weight excluding hydrogens is 390 g/mol. The minimum Gasteiger partial charge on any atom is -0.462 e. The second-order valence-corrected chi connectivity index (χ2v) is 8.01. The molecule has 0 unspecified atom stereocenters. The van der Waals surface area contributed by atoms with Gasteiger partial charge in [-0.15, -0.1) is 22.7 Å². The number of rotatable bonds is 5. The predicted molar refractivity (Wildman–Crippen MR) is 108 cm³/mol. The van der Waals surface area contributed by atoms with Crippen molar-refractivity contribution in [3.8, 4) is 10.4 Å². The lowest BCUT2D eigenvalue weighted by molar-refractivity contribution is 0.0529. The fraction of sp³-hybridized carbons (Fsp3) is 0.158. The smallest absolute Gasteiger partial charge is 0.341 e. The highest BCUT2D eigenvalue weighted by Gasteiger charge is 2.26. The van der Waals surface area contributed by atoms with Crippen molar-refractivity contribution in [1.82, 2.24) is 0 Å². The zero-order valence-corrected chi connectivity index (χ0v) is 16.6. The number of carbonyl (C=O) groups excluding carboxylic acids is 2. The minimum absolute atomic E-state index is 0.263. The van der Waals surface area contributed by atoms with Crippen molar-refractivity contribution in [3.05, 3.63) is 62.8 Å². The van der Waals surface area contributed by atoms with E-state index in [2.05, 4.69) is 5.32 Å². The Morgan fingerprint density at radius 1 is 1.23 bits per heavy atom. The van der Waals surface area contributed by atoms with Crippen LogP contribution < -0.4 is 5.32 Å². The fourth-order valence-electron chi connectivity index (χ4n) is 2.55. The van der Waals surface area contributed by atoms with E-state index in [1.807, 2.05) is 24.4 Å². The summed E-state index contributed by atoms with van der Waals surface area (Å²) in [5.41, 5.74) is 1.63. The predicted octanol–water partition coefficient (Wildman–Crippen LogP) is 5.87. The number of thiophene rings is 2. The van der Waals surface area contributed by atoms with E-state index in [0.717, 1.165) is 15.3 Å². The number of hydrogen-bond acceptors (Lipinski definition) is 5. The Morgan fingerprint density at radius 2 is 2.04 bits per heavy atom. The van der Waals surface area contributed by atoms with E-state index in [4.69, 9.17) is 16.3 Å². The van der Waals surface area contributed by atoms with Gasteiger partial charge in [0.1, 0.15) is 10.6 Å². The molecule has 4 nitrogen and oxygen atoms in total. The lowest BCUT2D eigenvalue weighted by Crippen LogP contribution is -2.14. The number of amides is 1. The van der Waals surface area contributed by atoms with Gasteiger partial charge in [-0.25, -0.2) is 4.79 Å². The lowest BCUT2D eigenvalue weighted by atomic mass is 10.1. The Morgan fingerprint density at radius 3 is 2.69 bits per heavy atom. The van der Waals surface area contributed by atoms with Crippen molar-refractivity contribution >= 4 is 51.2 Å². The highest BCUT2D eigenvalue weighted by Crippen LogP contribution is 2.42. The van der Waals surface area contributed by atoms with Gasteiger partial charge in [-0.3, -0.25) is 4.79 Å². The molecule has 0 spiro atoms. The maximum atomic E-state index is 12.6. The lowest BCUT2D eigenvalue weighted by Gasteiger charge is -2.08. The van der Waals surface area contributed by atoms with E-state index in [0.29, 0.717) is 21.2 Å². The van der Waals surface area contributed by atoms with Crippen molar-refractivity contribution in [2.45, 2.75) is 13.8 Å². The van der Waals surface area contributed by atoms with E-state index in [-0.39, 0.29) is 12.5 Å². The van der Waals surface area contributed by atoms with Crippen LogP contribution in [-0.4, -0.2) is 18.5 Å². The Balaban J connectivity index is 2.02. The highest BCUT2D eigenvalue weighted by molar-refractivity contribution is 7.18. The molecule has 1 N–H and O–H groups in total. The average molecular weight is 406 g/mol. The number of halogens is 1. The van der Waals surface area contributed by atoms with E-state index >= 15 is 0 Å². The van der Waals surface area contributed by atoms with Gasteiger partial charge >= 0.3 is 5.97 Å². The molecule has 26 heavy (non-hydrogen) atoms. The molecule has 3 aromatic rings. The molecular formula is C19H16ClNO3S2. The zero-order valence-electron chi connectivity index (χ0n) is 14.2. The molecule has 0 saturated carbocycles. The first-order valence-electron chi connectivity index (χ1n) is 7.92. The van der Waals surface area contributed by atoms with Crippen molar-refractivity contribution < 1.29 is 14.3 Å². The van der Waals surface area contributed by atoms with Crippen LogP contribution in [0.5, 0.6) is 0 Å². The van der Waals surface area contributed by atoms with Gasteiger partial charge in [-0.05, 0) is 43.5 Å². The number of benzene rings is 1. The molecule has 0 atom stereocenters. The van der Waals surface area contributed by atoms with Crippen LogP contribution in [-0.2, 0) is 4.74 Å². The Hall–Kier alpha value is -2.15. The fourth-order valence-corrected chi connectivity index (χ4v) is 4.69. The minimum atomic E-state index is -0.443. The zero-order chi connectivity index (χ0) is 18.7. The Kier molecular flexibility index (Phi) is 5.76. The van der Waals surface area contributed by atoms with Crippen LogP contribution in [0.3, 0.4) is 0 Å². The summed E-state index contributed by atoms with van der Waals surface area (Å²) in [6.45, 7) is 3.95. The normalized spacial score (nSPS) is 10.6. The van der Waals surface area contributed by atoms with E-state index in [9.17, 15) is 9.59 Å². The van der Waals surface area contributed by atoms with Crippen LogP contribution in [0.25, 0.3) is 10.4 Å². The molecule has 7 heteroatoms. The number of nitrogens with one attached hydrogen (secondary N) is 1. The van der Waals surface area contributed by atoms with Crippen LogP contribution >= 0.6 is 34.3 Å². The van der Waals surface area contributed by atoms with Gasteiger partial charge in [0.25, 0.3) is 5.91 Å². The molecule has 0 fully saturated rings. The van der Waals surface area contributed by atoms with Gasteiger partial charge in [0.15, 0.2) is 0 Å². The molecule has 2 aromatic heterocycles. The summed E-state index contributed by atoms with van der Waals surface area (Å²) in [4.78, 5) is 27.1. The molecule has 134 valence electrons. The number of aryl methyl sites for hydroxylation is 1. The topological polar surface area (TPSA) is 55.4 Å². The first kappa shape index (κ1) is 18.6. The first-order valence-corrected chi connectivity index (χ1v) is 10.00. The summed E-state index contributed by atoms with van der Waals surface area (Å²) >= 11 is 8.86. The van der Waals surface area contributed by atoms with Crippen LogP contribution in [0.2, 0.25) is 5.02 Å². The third-order valence-corrected chi connectivity index (χ3v) is 5.79. The molecule has 1 amide bonds. The molecule has 2 heterocycles. The molecule has 0 saturated heterocycles. The Labute approximate surface area is 164 Å². The van der Waals surface area contributed by atoms with Gasteiger partial charge in [0, 0.05) is 25.9 Å². The monoisotopic (exact) mass is 405 g/mol. The number of anilines is 1. The quantitative estimate of drug-likeness (QED) is 0.540. The van der Waals surface area contributed by atoms with Crippen LogP contribution in [0, 0.1) is 6.92 Å². The third-order valence-electron chi connectivity index (χ3n) is 3.65. The van der Waals surface area contributed by atoms with Gasteiger partial charge in [-0.1, -0.05) is 23.7 Å². The third kappa shape index (κ3) is 3.82. The maximum Gasteiger partial charge on any atom is 0.341 e. The van der Waals surface area contributed by atoms with Crippen molar-refractivity contribution in [3.63, 3.8) is 0 Å². The SMILES string of the molecule is CCOC(=O)c1c(NC(=O)c2cccc(Cl)c2)sc(C)c1-c1cccs1. The number of ether oxygens (including phenoxy) is 1. The summed E-state index contributed by atoms with van der Waals surface area (Å²) in [6.07, 6.45) is 0. The number of carbonyl (C=O) groups is 2. The molecule has 0 bridgehead atoms. The highest BCUT2D eigenvalue weighted by atomic mass is 35.5. The number of esters is 1. The van der Waals surface area contributed by atoms with Crippen molar-refractivity contribution in [1.29, 1.82) is 0 Å². The Bertz CT molecular complexity index is 948. The average Bonchev–Trinajstić information content (AvgIpc) is 3.22. The molecule has 0 aliphatic heterocycles. The van der Waals surface area contributed by atoms with Crippen LogP contribution in [0.15, 0.2) is 41.8 Å². The molecule has 3 rings (SSSR count). The van der Waals surface area contributed by atoms with Crippen LogP contribution in [0.4, 0.5) is 5.00 Å². The molecule has 0 radical (unpaired) electrons. The molecule has 0 aliphatic carbocycles. The van der Waals surface area contributed by atoms with E-state index in [1.54, 1.807) is 31.2 Å². The summed E-state index contributed by atoms with van der Waals surface area (Å²) in [6, 6.07) is 10.5. The second kappa shape index (κ2) is 8.03. The van der Waals surface area contributed by atoms with Crippen molar-refractivity contribution in [2.75, 3.05) is 11.9 Å². The molecule has 1 aromatic carbocycles. The largest absolute Gasteiger partial charge is 0.462 e. The summed E-state index contributed by atoms with van der Waals surface area (Å²) in [7, 11) is 0. The summed E-state index contributed by atoms with van der Waals surface area (Å²) < 4.78 is 5.23. The number of hydrogen-bond donors (Lipinski definition) is 1. The van der Waals surface area contributed by atoms with E-state index in [1.165, 1.54) is 22.7 Å². The van der Waals surface area contributed by atoms with Gasteiger partial charge in [-0.2, -0.15) is 0 Å². The maximum absolute atomic E-state index is 12.6. The standard InChI is InChI=1S/C19H16ClNO3S2/c1-3-24-19(23)16-15(14-8-5-9-25-14)11(2)26-18(16)21-17(22)12-6-4-7-13(20)10-12/h4-10H,3H2,1-2H3,(H,21,22). The van der Waals surface area contributed by atoms with Gasteiger partial charge in [0.2, 0.25) is 0 Å². The van der Waals surface area contributed by atoms with Crippen molar-refractivity contribution in [2.24, 2.45) is 0 Å². The van der Waals surface area contributed by atoms with E-state index < -0.39 is 5.97 Å².